The van der Waals surface area contributed by atoms with E-state index in [2.05, 4.69) is 4.90 Å². The molecule has 110 valence electrons. The molecule has 2 aliphatic rings. The molecule has 3 rings (SSSR count). The summed E-state index contributed by atoms with van der Waals surface area (Å²) in [6.07, 6.45) is 4.63. The summed E-state index contributed by atoms with van der Waals surface area (Å²) in [6.45, 7) is 7.71. The summed E-state index contributed by atoms with van der Waals surface area (Å²) in [5.41, 5.74) is 7.20. The Hall–Kier alpha value is -1.49. The average Bonchev–Trinajstić information content (AvgIpc) is 3.19. The molecule has 2 heterocycles. The van der Waals surface area contributed by atoms with E-state index in [9.17, 15) is 4.79 Å². The molecule has 0 radical (unpaired) electrons. The molecule has 1 saturated heterocycles. The lowest BCUT2D eigenvalue weighted by Gasteiger charge is -2.34. The van der Waals surface area contributed by atoms with Crippen molar-refractivity contribution in [3.05, 3.63) is 18.0 Å². The number of hydrogen-bond acceptors (Lipinski definition) is 3. The molecule has 20 heavy (non-hydrogen) atoms. The van der Waals surface area contributed by atoms with Crippen LogP contribution < -0.4 is 5.73 Å². The SMILES string of the molecule is CCn1cc(N)cc1C(=O)N1CCN(CC2CC2)CC1. The van der Waals surface area contributed by atoms with Gasteiger partial charge in [0.05, 0.1) is 5.69 Å². The molecule has 1 aromatic heterocycles. The Kier molecular flexibility index (Phi) is 3.70. The van der Waals surface area contributed by atoms with Crippen molar-refractivity contribution in [1.29, 1.82) is 0 Å². The van der Waals surface area contributed by atoms with Gasteiger partial charge in [-0.1, -0.05) is 0 Å². The van der Waals surface area contributed by atoms with Crippen molar-refractivity contribution < 1.29 is 4.79 Å². The van der Waals surface area contributed by atoms with Crippen LogP contribution in [0, 0.1) is 5.92 Å². The van der Waals surface area contributed by atoms with Gasteiger partial charge < -0.3 is 15.2 Å². The Labute approximate surface area is 120 Å². The molecule has 1 aliphatic carbocycles. The van der Waals surface area contributed by atoms with Gasteiger partial charge >= 0.3 is 0 Å². The van der Waals surface area contributed by atoms with Crippen LogP contribution in [0.3, 0.4) is 0 Å². The van der Waals surface area contributed by atoms with E-state index in [0.717, 1.165) is 44.3 Å². The monoisotopic (exact) mass is 276 g/mol. The van der Waals surface area contributed by atoms with Gasteiger partial charge in [-0.15, -0.1) is 0 Å². The summed E-state index contributed by atoms with van der Waals surface area (Å²) in [6, 6.07) is 1.79. The van der Waals surface area contributed by atoms with Crippen LogP contribution in [-0.2, 0) is 6.54 Å². The van der Waals surface area contributed by atoms with E-state index in [-0.39, 0.29) is 5.91 Å². The molecular weight excluding hydrogens is 252 g/mol. The molecule has 2 fully saturated rings. The summed E-state index contributed by atoms with van der Waals surface area (Å²) >= 11 is 0. The number of aryl methyl sites for hydroxylation is 1. The van der Waals surface area contributed by atoms with Gasteiger partial charge in [-0.2, -0.15) is 0 Å². The molecular formula is C15H24N4O. The summed E-state index contributed by atoms with van der Waals surface area (Å²) in [5, 5.41) is 0. The van der Waals surface area contributed by atoms with E-state index in [4.69, 9.17) is 5.73 Å². The van der Waals surface area contributed by atoms with E-state index < -0.39 is 0 Å². The van der Waals surface area contributed by atoms with Gasteiger partial charge in [0.15, 0.2) is 0 Å². The number of carbonyl (C=O) groups excluding carboxylic acids is 1. The number of carbonyl (C=O) groups is 1. The van der Waals surface area contributed by atoms with Gasteiger partial charge in [-0.05, 0) is 31.7 Å². The van der Waals surface area contributed by atoms with Crippen molar-refractivity contribution in [3.63, 3.8) is 0 Å². The second-order valence-electron chi connectivity index (χ2n) is 5.98. The summed E-state index contributed by atoms with van der Waals surface area (Å²) in [4.78, 5) is 17.0. The molecule has 0 bridgehead atoms. The zero-order valence-electron chi connectivity index (χ0n) is 12.2. The number of nitrogens with two attached hydrogens (primary N) is 1. The van der Waals surface area contributed by atoms with E-state index in [1.54, 1.807) is 6.07 Å². The average molecular weight is 276 g/mol. The van der Waals surface area contributed by atoms with Crippen molar-refractivity contribution in [1.82, 2.24) is 14.4 Å². The standard InChI is InChI=1S/C15H24N4O/c1-2-18-11-13(16)9-14(18)15(20)19-7-5-17(6-8-19)10-12-3-4-12/h9,11-12H,2-8,10,16H2,1H3. The van der Waals surface area contributed by atoms with Crippen LogP contribution in [0.15, 0.2) is 12.3 Å². The van der Waals surface area contributed by atoms with Crippen LogP contribution in [0.2, 0.25) is 0 Å². The van der Waals surface area contributed by atoms with Gasteiger partial charge in [-0.25, -0.2) is 0 Å². The highest BCUT2D eigenvalue weighted by Crippen LogP contribution is 2.30. The first kappa shape index (κ1) is 13.5. The minimum atomic E-state index is 0.120. The first-order chi connectivity index (χ1) is 9.67. The van der Waals surface area contributed by atoms with E-state index in [0.29, 0.717) is 5.69 Å². The predicted octanol–water partition coefficient (Wildman–Crippen LogP) is 1.26. The molecule has 0 atom stereocenters. The van der Waals surface area contributed by atoms with Gasteiger partial charge in [0, 0.05) is 45.5 Å². The molecule has 0 unspecified atom stereocenters. The zero-order chi connectivity index (χ0) is 14.1. The molecule has 1 saturated carbocycles. The fraction of sp³-hybridized carbons (Fsp3) is 0.667. The van der Waals surface area contributed by atoms with Gasteiger partial charge in [0.1, 0.15) is 5.69 Å². The number of hydrogen-bond donors (Lipinski definition) is 1. The van der Waals surface area contributed by atoms with Crippen LogP contribution in [0.4, 0.5) is 5.69 Å². The fourth-order valence-electron chi connectivity index (χ4n) is 2.93. The molecule has 5 nitrogen and oxygen atoms in total. The zero-order valence-corrected chi connectivity index (χ0v) is 12.2. The number of amides is 1. The molecule has 1 amide bonds. The van der Waals surface area contributed by atoms with Gasteiger partial charge in [0.25, 0.3) is 5.91 Å². The number of rotatable bonds is 4. The lowest BCUT2D eigenvalue weighted by Crippen LogP contribution is -2.49. The Bertz CT molecular complexity index is 484. The topological polar surface area (TPSA) is 54.5 Å². The highest BCUT2D eigenvalue weighted by atomic mass is 16.2. The van der Waals surface area contributed by atoms with E-state index in [1.807, 2.05) is 22.6 Å². The van der Waals surface area contributed by atoms with Crippen LogP contribution in [0.5, 0.6) is 0 Å². The number of anilines is 1. The van der Waals surface area contributed by atoms with Crippen LogP contribution in [-0.4, -0.2) is 53.0 Å². The molecule has 1 aliphatic heterocycles. The molecule has 0 spiro atoms. The summed E-state index contributed by atoms with van der Waals surface area (Å²) in [7, 11) is 0. The van der Waals surface area contributed by atoms with Crippen molar-refractivity contribution in [3.8, 4) is 0 Å². The van der Waals surface area contributed by atoms with Crippen molar-refractivity contribution in [2.45, 2.75) is 26.3 Å². The third-order valence-electron chi connectivity index (χ3n) is 4.35. The van der Waals surface area contributed by atoms with Gasteiger partial charge in [0.2, 0.25) is 0 Å². The number of nitrogens with zero attached hydrogens (tertiary/aromatic N) is 3. The molecule has 1 aromatic rings. The maximum atomic E-state index is 12.6. The largest absolute Gasteiger partial charge is 0.397 e. The van der Waals surface area contributed by atoms with Crippen molar-refractivity contribution in [2.24, 2.45) is 5.92 Å². The molecule has 2 N–H and O–H groups in total. The van der Waals surface area contributed by atoms with Crippen LogP contribution in [0.1, 0.15) is 30.3 Å². The summed E-state index contributed by atoms with van der Waals surface area (Å²) in [5.74, 6) is 1.05. The number of piperazine rings is 1. The fourth-order valence-corrected chi connectivity index (χ4v) is 2.93. The van der Waals surface area contributed by atoms with Crippen LogP contribution in [0.25, 0.3) is 0 Å². The maximum absolute atomic E-state index is 12.6. The van der Waals surface area contributed by atoms with E-state index in [1.165, 1.54) is 19.4 Å². The normalized spacial score (nSPS) is 20.4. The highest BCUT2D eigenvalue weighted by Gasteiger charge is 2.28. The number of aromatic nitrogens is 1. The quantitative estimate of drug-likeness (QED) is 0.900. The second kappa shape index (κ2) is 5.48. The van der Waals surface area contributed by atoms with Crippen molar-refractivity contribution >= 4 is 11.6 Å². The first-order valence-electron chi connectivity index (χ1n) is 7.64. The first-order valence-corrected chi connectivity index (χ1v) is 7.64. The van der Waals surface area contributed by atoms with Gasteiger partial charge in [-0.3, -0.25) is 9.69 Å². The predicted molar refractivity (Wildman–Crippen MR) is 79.6 cm³/mol. The summed E-state index contributed by atoms with van der Waals surface area (Å²) < 4.78 is 1.94. The third-order valence-corrected chi connectivity index (χ3v) is 4.35. The second-order valence-corrected chi connectivity index (χ2v) is 5.98. The smallest absolute Gasteiger partial charge is 0.270 e. The Balaban J connectivity index is 1.60. The minimum absolute atomic E-state index is 0.120. The Morgan fingerprint density at radius 3 is 2.60 bits per heavy atom. The van der Waals surface area contributed by atoms with Crippen molar-refractivity contribution in [2.75, 3.05) is 38.5 Å². The Morgan fingerprint density at radius 1 is 1.30 bits per heavy atom. The number of nitrogen functional groups attached to an aromatic ring is 1. The lowest BCUT2D eigenvalue weighted by molar-refractivity contribution is 0.0621. The molecule has 0 aromatic carbocycles. The lowest BCUT2D eigenvalue weighted by atomic mass is 10.2. The van der Waals surface area contributed by atoms with Crippen LogP contribution >= 0.6 is 0 Å². The van der Waals surface area contributed by atoms with E-state index >= 15 is 0 Å². The maximum Gasteiger partial charge on any atom is 0.270 e. The minimum Gasteiger partial charge on any atom is -0.397 e. The highest BCUT2D eigenvalue weighted by molar-refractivity contribution is 5.94. The molecule has 5 heteroatoms. The Morgan fingerprint density at radius 2 is 2.00 bits per heavy atom. The third kappa shape index (κ3) is 2.82.